The van der Waals surface area contributed by atoms with Crippen molar-refractivity contribution in [2.24, 2.45) is 5.41 Å². The summed E-state index contributed by atoms with van der Waals surface area (Å²) >= 11 is 3.49. The number of hydrogen-bond acceptors (Lipinski definition) is 2. The van der Waals surface area contributed by atoms with Gasteiger partial charge < -0.3 is 10.1 Å². The minimum Gasteiger partial charge on any atom is -0.492 e. The van der Waals surface area contributed by atoms with Crippen LogP contribution in [0.2, 0.25) is 0 Å². The van der Waals surface area contributed by atoms with E-state index in [1.165, 1.54) is 0 Å². The van der Waals surface area contributed by atoms with Gasteiger partial charge in [-0.1, -0.05) is 39.8 Å². The van der Waals surface area contributed by atoms with Crippen molar-refractivity contribution < 1.29 is 4.74 Å². The third-order valence-electron chi connectivity index (χ3n) is 2.44. The van der Waals surface area contributed by atoms with Gasteiger partial charge in [-0.15, -0.1) is 0 Å². The van der Waals surface area contributed by atoms with Crippen LogP contribution >= 0.6 is 15.9 Å². The zero-order valence-electron chi connectivity index (χ0n) is 11.1. The maximum absolute atomic E-state index is 5.85. The lowest BCUT2D eigenvalue weighted by atomic mass is 9.94. The van der Waals surface area contributed by atoms with Gasteiger partial charge in [0.2, 0.25) is 0 Å². The summed E-state index contributed by atoms with van der Waals surface area (Å²) in [5.74, 6) is 0.908. The maximum Gasteiger partial charge on any atom is 0.133 e. The summed E-state index contributed by atoms with van der Waals surface area (Å²) < 4.78 is 6.85. The molecule has 0 aliphatic rings. The molecule has 1 N–H and O–H groups in total. The van der Waals surface area contributed by atoms with E-state index in [2.05, 4.69) is 48.9 Å². The molecule has 0 saturated carbocycles. The van der Waals surface area contributed by atoms with Crippen LogP contribution in [0.1, 0.15) is 27.7 Å². The van der Waals surface area contributed by atoms with Crippen LogP contribution in [-0.4, -0.2) is 19.2 Å². The predicted octanol–water partition coefficient (Wildman–Crippen LogP) is 3.85. The highest BCUT2D eigenvalue weighted by atomic mass is 79.9. The molecular formula is C14H22BrNO. The molecule has 0 aliphatic heterocycles. The second kappa shape index (κ2) is 6.41. The van der Waals surface area contributed by atoms with Crippen LogP contribution in [0.4, 0.5) is 0 Å². The van der Waals surface area contributed by atoms with Crippen LogP contribution in [0.5, 0.6) is 5.75 Å². The van der Waals surface area contributed by atoms with E-state index in [4.69, 9.17) is 4.74 Å². The molecule has 2 nitrogen and oxygen atoms in total. The SMILES string of the molecule is CC(C)NCC(C)(C)COc1ccccc1Br. The number of benzene rings is 1. The van der Waals surface area contributed by atoms with Crippen molar-refractivity contribution in [2.45, 2.75) is 33.7 Å². The van der Waals surface area contributed by atoms with Crippen molar-refractivity contribution in [3.8, 4) is 5.75 Å². The lowest BCUT2D eigenvalue weighted by molar-refractivity contribution is 0.172. The third kappa shape index (κ3) is 5.55. The molecule has 0 spiro atoms. The molecule has 0 aromatic heterocycles. The Balaban J connectivity index is 2.46. The van der Waals surface area contributed by atoms with Crippen molar-refractivity contribution in [1.82, 2.24) is 5.32 Å². The molecule has 0 bridgehead atoms. The van der Waals surface area contributed by atoms with E-state index < -0.39 is 0 Å². The van der Waals surface area contributed by atoms with Crippen molar-refractivity contribution in [1.29, 1.82) is 0 Å². The Labute approximate surface area is 113 Å². The second-order valence-corrected chi connectivity index (χ2v) is 6.27. The molecule has 17 heavy (non-hydrogen) atoms. The molecule has 0 radical (unpaired) electrons. The molecule has 0 unspecified atom stereocenters. The molecule has 0 aliphatic carbocycles. The van der Waals surface area contributed by atoms with Crippen molar-refractivity contribution >= 4 is 15.9 Å². The molecule has 0 heterocycles. The largest absolute Gasteiger partial charge is 0.492 e. The van der Waals surface area contributed by atoms with Gasteiger partial charge >= 0.3 is 0 Å². The van der Waals surface area contributed by atoms with E-state index in [9.17, 15) is 0 Å². The quantitative estimate of drug-likeness (QED) is 0.861. The molecule has 3 heteroatoms. The third-order valence-corrected chi connectivity index (χ3v) is 3.10. The molecule has 96 valence electrons. The van der Waals surface area contributed by atoms with Crippen LogP contribution in [0.25, 0.3) is 0 Å². The zero-order valence-corrected chi connectivity index (χ0v) is 12.7. The Morgan fingerprint density at radius 3 is 2.53 bits per heavy atom. The summed E-state index contributed by atoms with van der Waals surface area (Å²) in [5, 5.41) is 3.44. The van der Waals surface area contributed by atoms with Crippen LogP contribution < -0.4 is 10.1 Å². The number of hydrogen-bond donors (Lipinski definition) is 1. The lowest BCUT2D eigenvalue weighted by Gasteiger charge is -2.26. The molecule has 0 saturated heterocycles. The van der Waals surface area contributed by atoms with E-state index in [0.29, 0.717) is 12.6 Å². The Morgan fingerprint density at radius 1 is 1.29 bits per heavy atom. The van der Waals surface area contributed by atoms with Gasteiger partial charge in [0, 0.05) is 18.0 Å². The fourth-order valence-corrected chi connectivity index (χ4v) is 1.77. The van der Waals surface area contributed by atoms with Crippen molar-refractivity contribution in [2.75, 3.05) is 13.2 Å². The number of nitrogens with one attached hydrogen (secondary N) is 1. The normalized spacial score (nSPS) is 11.9. The van der Waals surface area contributed by atoms with E-state index in [0.717, 1.165) is 16.8 Å². The molecule has 1 aromatic carbocycles. The number of para-hydroxylation sites is 1. The summed E-state index contributed by atoms with van der Waals surface area (Å²) in [5.41, 5.74) is 0.125. The fourth-order valence-electron chi connectivity index (χ4n) is 1.37. The highest BCUT2D eigenvalue weighted by Crippen LogP contribution is 2.26. The van der Waals surface area contributed by atoms with Crippen molar-refractivity contribution in [3.05, 3.63) is 28.7 Å². The predicted molar refractivity (Wildman–Crippen MR) is 76.6 cm³/mol. The lowest BCUT2D eigenvalue weighted by Crippen LogP contribution is -2.37. The summed E-state index contributed by atoms with van der Waals surface area (Å²) in [6.07, 6.45) is 0. The van der Waals surface area contributed by atoms with Gasteiger partial charge in [0.15, 0.2) is 0 Å². The fraction of sp³-hybridized carbons (Fsp3) is 0.571. The second-order valence-electron chi connectivity index (χ2n) is 5.42. The van der Waals surface area contributed by atoms with E-state index >= 15 is 0 Å². The summed E-state index contributed by atoms with van der Waals surface area (Å²) in [6, 6.07) is 8.46. The first-order valence-electron chi connectivity index (χ1n) is 6.01. The first-order chi connectivity index (χ1) is 7.91. The highest BCUT2D eigenvalue weighted by molar-refractivity contribution is 9.10. The summed E-state index contributed by atoms with van der Waals surface area (Å²) in [7, 11) is 0. The Bertz CT molecular complexity index is 350. The summed E-state index contributed by atoms with van der Waals surface area (Å²) in [6.45, 7) is 10.4. The number of rotatable bonds is 6. The van der Waals surface area contributed by atoms with Gasteiger partial charge in [0.25, 0.3) is 0 Å². The topological polar surface area (TPSA) is 21.3 Å². The maximum atomic E-state index is 5.85. The zero-order chi connectivity index (χ0) is 12.9. The average molecular weight is 300 g/mol. The van der Waals surface area contributed by atoms with E-state index in [-0.39, 0.29) is 5.41 Å². The number of halogens is 1. The molecule has 1 rings (SSSR count). The average Bonchev–Trinajstić information content (AvgIpc) is 2.26. The molecule has 0 amide bonds. The Morgan fingerprint density at radius 2 is 1.94 bits per heavy atom. The van der Waals surface area contributed by atoms with Crippen LogP contribution in [0.3, 0.4) is 0 Å². The smallest absolute Gasteiger partial charge is 0.133 e. The minimum atomic E-state index is 0.125. The first-order valence-corrected chi connectivity index (χ1v) is 6.81. The van der Waals surface area contributed by atoms with E-state index in [1.807, 2.05) is 24.3 Å². The van der Waals surface area contributed by atoms with Gasteiger partial charge in [-0.3, -0.25) is 0 Å². The summed E-state index contributed by atoms with van der Waals surface area (Å²) in [4.78, 5) is 0. The Kier molecular flexibility index (Phi) is 5.47. The number of ether oxygens (including phenoxy) is 1. The van der Waals surface area contributed by atoms with Gasteiger partial charge in [-0.05, 0) is 28.1 Å². The minimum absolute atomic E-state index is 0.125. The van der Waals surface area contributed by atoms with Crippen molar-refractivity contribution in [3.63, 3.8) is 0 Å². The molecule has 0 fully saturated rings. The molecular weight excluding hydrogens is 278 g/mol. The van der Waals surface area contributed by atoms with E-state index in [1.54, 1.807) is 0 Å². The van der Waals surface area contributed by atoms with Crippen LogP contribution in [0, 0.1) is 5.41 Å². The molecule has 0 atom stereocenters. The first kappa shape index (κ1) is 14.5. The van der Waals surface area contributed by atoms with Crippen LogP contribution in [0.15, 0.2) is 28.7 Å². The standard InChI is InChI=1S/C14H22BrNO/c1-11(2)16-9-14(3,4)10-17-13-8-6-5-7-12(13)15/h5-8,11,16H,9-10H2,1-4H3. The van der Waals surface area contributed by atoms with Gasteiger partial charge in [0.05, 0.1) is 11.1 Å². The monoisotopic (exact) mass is 299 g/mol. The van der Waals surface area contributed by atoms with Crippen LogP contribution in [-0.2, 0) is 0 Å². The van der Waals surface area contributed by atoms with Gasteiger partial charge in [-0.25, -0.2) is 0 Å². The van der Waals surface area contributed by atoms with Gasteiger partial charge in [0.1, 0.15) is 5.75 Å². The molecule has 1 aromatic rings. The van der Waals surface area contributed by atoms with Gasteiger partial charge in [-0.2, -0.15) is 0 Å². The Hall–Kier alpha value is -0.540. The highest BCUT2D eigenvalue weighted by Gasteiger charge is 2.19.